The molecule has 5 heteroatoms. The summed E-state index contributed by atoms with van der Waals surface area (Å²) < 4.78 is 11.5. The number of hydrogen-bond acceptors (Lipinski definition) is 4. The molecule has 1 heterocycles. The van der Waals surface area contributed by atoms with E-state index in [0.717, 1.165) is 36.8 Å². The van der Waals surface area contributed by atoms with Crippen molar-refractivity contribution in [2.75, 3.05) is 18.9 Å². The van der Waals surface area contributed by atoms with Crippen LogP contribution >= 0.6 is 15.9 Å². The molecule has 0 aromatic heterocycles. The van der Waals surface area contributed by atoms with E-state index in [0.29, 0.717) is 24.0 Å². The van der Waals surface area contributed by atoms with Crippen LogP contribution in [0.5, 0.6) is 0 Å². The first-order valence-electron chi connectivity index (χ1n) is 6.50. The van der Waals surface area contributed by atoms with E-state index in [1.54, 1.807) is 18.2 Å². The maximum atomic E-state index is 11.8. The number of nitrogens with two attached hydrogens (primary N) is 1. The molecule has 1 atom stereocenters. The lowest BCUT2D eigenvalue weighted by Crippen LogP contribution is -2.10. The fraction of sp³-hybridized carbons (Fsp3) is 0.500. The fourth-order valence-electron chi connectivity index (χ4n) is 2.16. The highest BCUT2D eigenvalue weighted by molar-refractivity contribution is 9.10. The molecule has 1 saturated heterocycles. The van der Waals surface area contributed by atoms with E-state index >= 15 is 0 Å². The van der Waals surface area contributed by atoms with Crippen LogP contribution in [-0.4, -0.2) is 25.3 Å². The number of halogens is 1. The summed E-state index contributed by atoms with van der Waals surface area (Å²) in [7, 11) is 0. The summed E-state index contributed by atoms with van der Waals surface area (Å²) in [5.74, 6) is -0.333. The highest BCUT2D eigenvalue weighted by atomic mass is 79.9. The van der Waals surface area contributed by atoms with E-state index in [-0.39, 0.29) is 5.97 Å². The summed E-state index contributed by atoms with van der Waals surface area (Å²) in [5, 5.41) is 0. The molecule has 4 nitrogen and oxygen atoms in total. The molecule has 1 aromatic rings. The molecule has 0 bridgehead atoms. The van der Waals surface area contributed by atoms with Gasteiger partial charge in [0.15, 0.2) is 0 Å². The molecule has 2 N–H and O–H groups in total. The van der Waals surface area contributed by atoms with Gasteiger partial charge in [0, 0.05) is 16.8 Å². The van der Waals surface area contributed by atoms with Crippen molar-refractivity contribution >= 4 is 27.6 Å². The lowest BCUT2D eigenvalue weighted by atomic mass is 10.1. The minimum absolute atomic E-state index is 0.333. The summed E-state index contributed by atoms with van der Waals surface area (Å²) >= 11 is 3.30. The molecule has 1 aromatic carbocycles. The third-order valence-corrected chi connectivity index (χ3v) is 3.54. The van der Waals surface area contributed by atoms with Crippen LogP contribution in [0, 0.1) is 0 Å². The second-order valence-electron chi connectivity index (χ2n) is 4.69. The van der Waals surface area contributed by atoms with Crippen LogP contribution in [0.4, 0.5) is 5.69 Å². The predicted molar refractivity (Wildman–Crippen MR) is 77.0 cm³/mol. The highest BCUT2D eigenvalue weighted by Gasteiger charge is 2.15. The average molecular weight is 328 g/mol. The smallest absolute Gasteiger partial charge is 0.338 e. The fourth-order valence-corrected chi connectivity index (χ4v) is 2.67. The molecular formula is C14H18BrNO3. The van der Waals surface area contributed by atoms with Crippen molar-refractivity contribution in [2.45, 2.75) is 31.8 Å². The summed E-state index contributed by atoms with van der Waals surface area (Å²) in [5.41, 5.74) is 6.70. The molecule has 1 aliphatic heterocycles. The summed E-state index contributed by atoms with van der Waals surface area (Å²) in [4.78, 5) is 11.8. The molecule has 0 radical (unpaired) electrons. The van der Waals surface area contributed by atoms with Gasteiger partial charge < -0.3 is 15.2 Å². The third kappa shape index (κ3) is 4.51. The molecule has 104 valence electrons. The van der Waals surface area contributed by atoms with Gasteiger partial charge in [-0.15, -0.1) is 0 Å². The molecule has 1 aliphatic rings. The molecule has 1 fully saturated rings. The third-order valence-electron chi connectivity index (χ3n) is 3.08. The predicted octanol–water partition coefficient (Wildman–Crippen LogP) is 3.15. The van der Waals surface area contributed by atoms with Crippen LogP contribution in [0.3, 0.4) is 0 Å². The van der Waals surface area contributed by atoms with Gasteiger partial charge in [0.2, 0.25) is 0 Å². The first kappa shape index (κ1) is 14.3. The first-order valence-corrected chi connectivity index (χ1v) is 7.29. The topological polar surface area (TPSA) is 61.6 Å². The lowest BCUT2D eigenvalue weighted by Gasteiger charge is -2.09. The Morgan fingerprint density at radius 1 is 1.47 bits per heavy atom. The van der Waals surface area contributed by atoms with Crippen molar-refractivity contribution in [1.82, 2.24) is 0 Å². The van der Waals surface area contributed by atoms with Crippen LogP contribution < -0.4 is 5.73 Å². The Labute approximate surface area is 121 Å². The van der Waals surface area contributed by atoms with Gasteiger partial charge in [0.1, 0.15) is 0 Å². The van der Waals surface area contributed by atoms with Crippen LogP contribution in [0.15, 0.2) is 22.7 Å². The van der Waals surface area contributed by atoms with E-state index < -0.39 is 0 Å². The number of nitrogen functional groups attached to an aromatic ring is 1. The Morgan fingerprint density at radius 3 is 3.00 bits per heavy atom. The number of benzene rings is 1. The standard InChI is InChI=1S/C14H18BrNO3/c15-11-7-10(8-12(16)9-11)14(17)19-6-2-4-13-3-1-5-18-13/h7-9,13H,1-6,16H2. The molecular weight excluding hydrogens is 310 g/mol. The largest absolute Gasteiger partial charge is 0.462 e. The lowest BCUT2D eigenvalue weighted by molar-refractivity contribution is 0.0461. The van der Waals surface area contributed by atoms with E-state index in [1.807, 2.05) is 0 Å². The molecule has 0 spiro atoms. The molecule has 0 amide bonds. The van der Waals surface area contributed by atoms with Crippen LogP contribution in [0.1, 0.15) is 36.0 Å². The SMILES string of the molecule is Nc1cc(Br)cc(C(=O)OCCCC2CCCO2)c1. The van der Waals surface area contributed by atoms with Gasteiger partial charge in [-0.05, 0) is 43.9 Å². The van der Waals surface area contributed by atoms with Gasteiger partial charge in [0.25, 0.3) is 0 Å². The van der Waals surface area contributed by atoms with E-state index in [9.17, 15) is 4.79 Å². The Kier molecular flexibility index (Phi) is 5.22. The van der Waals surface area contributed by atoms with Gasteiger partial charge >= 0.3 is 5.97 Å². The Bertz CT molecular complexity index is 424. The molecule has 0 saturated carbocycles. The van der Waals surface area contributed by atoms with Crippen molar-refractivity contribution in [1.29, 1.82) is 0 Å². The Morgan fingerprint density at radius 2 is 2.32 bits per heavy atom. The van der Waals surface area contributed by atoms with Crippen LogP contribution in [-0.2, 0) is 9.47 Å². The monoisotopic (exact) mass is 327 g/mol. The molecule has 2 rings (SSSR count). The highest BCUT2D eigenvalue weighted by Crippen LogP contribution is 2.19. The van der Waals surface area contributed by atoms with Crippen molar-refractivity contribution in [3.63, 3.8) is 0 Å². The zero-order valence-corrected chi connectivity index (χ0v) is 12.3. The minimum atomic E-state index is -0.333. The van der Waals surface area contributed by atoms with Crippen LogP contribution in [0.25, 0.3) is 0 Å². The van der Waals surface area contributed by atoms with Crippen LogP contribution in [0.2, 0.25) is 0 Å². The van der Waals surface area contributed by atoms with E-state index in [4.69, 9.17) is 15.2 Å². The number of hydrogen-bond donors (Lipinski definition) is 1. The maximum absolute atomic E-state index is 11.8. The van der Waals surface area contributed by atoms with Gasteiger partial charge in [0.05, 0.1) is 18.3 Å². The average Bonchev–Trinajstić information content (AvgIpc) is 2.86. The molecule has 0 aliphatic carbocycles. The number of anilines is 1. The molecule has 19 heavy (non-hydrogen) atoms. The Balaban J connectivity index is 1.74. The number of esters is 1. The van der Waals surface area contributed by atoms with E-state index in [2.05, 4.69) is 15.9 Å². The van der Waals surface area contributed by atoms with Crippen molar-refractivity contribution < 1.29 is 14.3 Å². The summed E-state index contributed by atoms with van der Waals surface area (Å²) in [6, 6.07) is 5.07. The maximum Gasteiger partial charge on any atom is 0.338 e. The number of carbonyl (C=O) groups is 1. The van der Waals surface area contributed by atoms with Gasteiger partial charge in [-0.3, -0.25) is 0 Å². The second kappa shape index (κ2) is 6.91. The zero-order valence-electron chi connectivity index (χ0n) is 10.7. The van der Waals surface area contributed by atoms with Crippen molar-refractivity contribution in [3.05, 3.63) is 28.2 Å². The number of carbonyl (C=O) groups excluding carboxylic acids is 1. The summed E-state index contributed by atoms with van der Waals surface area (Å²) in [6.07, 6.45) is 4.39. The quantitative estimate of drug-likeness (QED) is 0.512. The normalized spacial score (nSPS) is 18.5. The van der Waals surface area contributed by atoms with E-state index in [1.165, 1.54) is 0 Å². The zero-order chi connectivity index (χ0) is 13.7. The van der Waals surface area contributed by atoms with Gasteiger partial charge in [-0.1, -0.05) is 15.9 Å². The van der Waals surface area contributed by atoms with Crippen molar-refractivity contribution in [2.24, 2.45) is 0 Å². The Hall–Kier alpha value is -1.07. The number of rotatable bonds is 5. The minimum Gasteiger partial charge on any atom is -0.462 e. The number of ether oxygens (including phenoxy) is 2. The summed E-state index contributed by atoms with van der Waals surface area (Å²) in [6.45, 7) is 1.28. The first-order chi connectivity index (χ1) is 9.15. The van der Waals surface area contributed by atoms with Gasteiger partial charge in [-0.2, -0.15) is 0 Å². The second-order valence-corrected chi connectivity index (χ2v) is 5.60. The van der Waals surface area contributed by atoms with Crippen molar-refractivity contribution in [3.8, 4) is 0 Å². The van der Waals surface area contributed by atoms with Gasteiger partial charge in [-0.25, -0.2) is 4.79 Å². The molecule has 1 unspecified atom stereocenters.